The molecule has 3 aliphatic rings. The lowest BCUT2D eigenvalue weighted by Gasteiger charge is -2.49. The van der Waals surface area contributed by atoms with E-state index in [4.69, 9.17) is 11.6 Å². The van der Waals surface area contributed by atoms with Gasteiger partial charge in [-0.15, -0.1) is 0 Å². The quantitative estimate of drug-likeness (QED) is 0.234. The van der Waals surface area contributed by atoms with Crippen LogP contribution in [0.5, 0.6) is 5.75 Å². The fourth-order valence-electron chi connectivity index (χ4n) is 8.02. The lowest BCUT2D eigenvalue weighted by Crippen LogP contribution is -2.53. The van der Waals surface area contributed by atoms with E-state index in [1.807, 2.05) is 66.7 Å². The van der Waals surface area contributed by atoms with Crippen LogP contribution in [0, 0.1) is 5.92 Å². The summed E-state index contributed by atoms with van der Waals surface area (Å²) in [7, 11) is 1.44. The first-order valence-electron chi connectivity index (χ1n) is 14.7. The second kappa shape index (κ2) is 9.67. The summed E-state index contributed by atoms with van der Waals surface area (Å²) in [6, 6.07) is 26.2. The summed E-state index contributed by atoms with van der Waals surface area (Å²) in [6.07, 6.45) is 2.05. The molecule has 2 fully saturated rings. The highest BCUT2D eigenvalue weighted by Crippen LogP contribution is 2.63. The molecule has 224 valence electrons. The molecule has 9 nitrogen and oxygen atoms in total. The van der Waals surface area contributed by atoms with Gasteiger partial charge in [0.05, 0.1) is 29.6 Å². The Morgan fingerprint density at radius 2 is 1.58 bits per heavy atom. The number of imide groups is 1. The van der Waals surface area contributed by atoms with E-state index in [1.54, 1.807) is 30.3 Å². The van der Waals surface area contributed by atoms with Crippen LogP contribution < -0.4 is 16.3 Å². The molecule has 0 unspecified atom stereocenters. The Labute approximate surface area is 261 Å². The number of allylic oxidation sites excluding steroid dienone is 2. The number of amides is 2. The smallest absolute Gasteiger partial charge is 0.347 e. The van der Waals surface area contributed by atoms with E-state index in [-0.39, 0.29) is 18.7 Å². The third kappa shape index (κ3) is 3.55. The predicted octanol–water partition coefficient (Wildman–Crippen LogP) is 4.66. The number of nitrogens with zero attached hydrogens (tertiary/aromatic N) is 4. The maximum absolute atomic E-state index is 15.3. The van der Waals surface area contributed by atoms with Crippen molar-refractivity contribution in [3.05, 3.63) is 140 Å². The zero-order valence-corrected chi connectivity index (χ0v) is 24.9. The van der Waals surface area contributed by atoms with E-state index >= 15 is 4.79 Å². The molecule has 0 spiro atoms. The molecule has 8 rings (SSSR count). The van der Waals surface area contributed by atoms with E-state index < -0.39 is 46.5 Å². The van der Waals surface area contributed by atoms with Gasteiger partial charge in [-0.2, -0.15) is 0 Å². The van der Waals surface area contributed by atoms with Gasteiger partial charge in [-0.1, -0.05) is 84.4 Å². The highest BCUT2D eigenvalue weighted by atomic mass is 35.5. The number of hydrogen-bond donors (Lipinski definition) is 1. The number of aromatic hydroxyl groups is 1. The maximum atomic E-state index is 15.3. The summed E-state index contributed by atoms with van der Waals surface area (Å²) in [5, 5.41) is 12.6. The van der Waals surface area contributed by atoms with E-state index in [9.17, 15) is 19.5 Å². The molecular weight excluding hydrogens is 592 g/mol. The van der Waals surface area contributed by atoms with Crippen molar-refractivity contribution < 1.29 is 14.7 Å². The van der Waals surface area contributed by atoms with Gasteiger partial charge in [-0.05, 0) is 52.8 Å². The zero-order chi connectivity index (χ0) is 31.2. The first kappa shape index (κ1) is 27.4. The second-order valence-corrected chi connectivity index (χ2v) is 12.3. The highest BCUT2D eigenvalue weighted by Gasteiger charge is 2.68. The molecule has 1 saturated heterocycles. The van der Waals surface area contributed by atoms with E-state index in [1.165, 1.54) is 21.3 Å². The number of phenolic OH excluding ortho intramolecular Hbond substituents is 1. The Morgan fingerprint density at radius 1 is 0.844 bits per heavy atom. The van der Waals surface area contributed by atoms with Crippen LogP contribution >= 0.6 is 11.6 Å². The first-order chi connectivity index (χ1) is 21.7. The molecule has 2 amide bonds. The fourth-order valence-corrected chi connectivity index (χ4v) is 8.20. The minimum absolute atomic E-state index is 0.0899. The molecule has 1 saturated carbocycles. The predicted molar refractivity (Wildman–Crippen MR) is 170 cm³/mol. The number of carbonyl (C=O) groups excluding carboxylic acids is 2. The zero-order valence-electron chi connectivity index (χ0n) is 24.1. The monoisotopic (exact) mass is 618 g/mol. The molecule has 10 heteroatoms. The number of hydrogen-bond acceptors (Lipinski definition) is 5. The maximum Gasteiger partial charge on any atom is 0.347 e. The number of aromatic nitrogens is 3. The highest BCUT2D eigenvalue weighted by molar-refractivity contribution is 6.32. The molecule has 4 aromatic carbocycles. The molecule has 5 aromatic rings. The van der Waals surface area contributed by atoms with Crippen molar-refractivity contribution >= 4 is 39.9 Å². The third-order valence-corrected chi connectivity index (χ3v) is 10.1. The number of benzene rings is 4. The van der Waals surface area contributed by atoms with Gasteiger partial charge in [0.2, 0.25) is 11.8 Å². The fraction of sp³-hybridized carbons (Fsp3) is 0.200. The van der Waals surface area contributed by atoms with Crippen LogP contribution in [-0.4, -0.2) is 30.9 Å². The second-order valence-electron chi connectivity index (χ2n) is 11.9. The number of anilines is 1. The van der Waals surface area contributed by atoms with Crippen molar-refractivity contribution in [1.29, 1.82) is 0 Å². The molecule has 2 aliphatic heterocycles. The summed E-state index contributed by atoms with van der Waals surface area (Å²) in [5.41, 5.74) is 0.195. The number of rotatable bonds is 3. The summed E-state index contributed by atoms with van der Waals surface area (Å²) in [6.45, 7) is 0.128. The summed E-state index contributed by atoms with van der Waals surface area (Å²) >= 11 is 6.36. The molecule has 3 heterocycles. The Hall–Kier alpha value is -5.15. The lowest BCUT2D eigenvalue weighted by molar-refractivity contribution is -0.124. The normalized spacial score (nSPS) is 23.9. The van der Waals surface area contributed by atoms with Gasteiger partial charge in [-0.3, -0.25) is 9.59 Å². The minimum atomic E-state index is -1.41. The Morgan fingerprint density at radius 3 is 2.33 bits per heavy atom. The van der Waals surface area contributed by atoms with Gasteiger partial charge in [0.15, 0.2) is 0 Å². The lowest BCUT2D eigenvalue weighted by atomic mass is 9.53. The van der Waals surface area contributed by atoms with E-state index in [2.05, 4.69) is 0 Å². The van der Waals surface area contributed by atoms with Gasteiger partial charge in [0.1, 0.15) is 5.75 Å². The van der Waals surface area contributed by atoms with Gasteiger partial charge in [-0.25, -0.2) is 28.4 Å². The van der Waals surface area contributed by atoms with Gasteiger partial charge in [0, 0.05) is 23.4 Å². The Bertz CT molecular complexity index is 2230. The standard InChI is InChI=1S/C35H27ClN4O5/c1-37-33(44)38-17-16-26-28(40(38)34(37)45)19-27-31(42)39(22-11-7-10-21(36)18-22)32(43)35(27,20-8-3-2-4-9-20)30(26)25-14-15-29(41)24-13-6-5-12-23(24)25/h2-16,18,27-28,30,41H,17,19H2,1H3/t27-,28+,30-,35+/m0/s1. The van der Waals surface area contributed by atoms with E-state index in [0.29, 0.717) is 21.7 Å². The van der Waals surface area contributed by atoms with Gasteiger partial charge >= 0.3 is 11.4 Å². The van der Waals surface area contributed by atoms with Crippen LogP contribution in [0.3, 0.4) is 0 Å². The largest absolute Gasteiger partial charge is 0.507 e. The average Bonchev–Trinajstić information content (AvgIpc) is 3.42. The van der Waals surface area contributed by atoms with Crippen LogP contribution in [-0.2, 0) is 28.6 Å². The van der Waals surface area contributed by atoms with Crippen LogP contribution in [0.1, 0.15) is 29.5 Å². The van der Waals surface area contributed by atoms with Crippen molar-refractivity contribution in [1.82, 2.24) is 13.9 Å². The average molecular weight is 619 g/mol. The molecule has 0 radical (unpaired) electrons. The van der Waals surface area contributed by atoms with Crippen LogP contribution in [0.25, 0.3) is 10.8 Å². The molecule has 1 aliphatic carbocycles. The molecule has 1 aromatic heterocycles. The number of phenols is 1. The topological polar surface area (TPSA) is 107 Å². The van der Waals surface area contributed by atoms with Gasteiger partial charge < -0.3 is 5.11 Å². The summed E-state index contributed by atoms with van der Waals surface area (Å²) < 4.78 is 3.91. The Balaban J connectivity index is 1.49. The number of carbonyl (C=O) groups is 2. The van der Waals surface area contributed by atoms with Crippen LogP contribution in [0.2, 0.25) is 5.02 Å². The Kier molecular flexibility index (Phi) is 5.89. The van der Waals surface area contributed by atoms with Crippen LogP contribution in [0.15, 0.2) is 112 Å². The summed E-state index contributed by atoms with van der Waals surface area (Å²) in [5.74, 6) is -2.34. The molecule has 45 heavy (non-hydrogen) atoms. The van der Waals surface area contributed by atoms with Gasteiger partial charge in [0.25, 0.3) is 0 Å². The summed E-state index contributed by atoms with van der Waals surface area (Å²) in [4.78, 5) is 57.9. The first-order valence-corrected chi connectivity index (χ1v) is 15.1. The van der Waals surface area contributed by atoms with Crippen molar-refractivity contribution in [3.63, 3.8) is 0 Å². The van der Waals surface area contributed by atoms with Crippen LogP contribution in [0.4, 0.5) is 5.69 Å². The van der Waals surface area contributed by atoms with Crippen molar-refractivity contribution in [2.45, 2.75) is 30.3 Å². The van der Waals surface area contributed by atoms with E-state index in [0.717, 1.165) is 21.1 Å². The van der Waals surface area contributed by atoms with Crippen molar-refractivity contribution in [2.24, 2.45) is 13.0 Å². The van der Waals surface area contributed by atoms with Crippen molar-refractivity contribution in [2.75, 3.05) is 4.90 Å². The third-order valence-electron chi connectivity index (χ3n) is 9.87. The molecule has 0 bridgehead atoms. The molecule has 1 N–H and O–H groups in total. The number of halogens is 1. The minimum Gasteiger partial charge on any atom is -0.507 e. The SMILES string of the molecule is Cn1c(=O)n2n(c1=O)[C@@H]1C[C@H]3C(=O)N(c4cccc(Cl)c4)C(=O)[C@@]3(c3ccccc3)[C@@H](c3ccc(O)c4ccccc34)C1=CC2. The number of fused-ring (bicyclic) bond motifs is 5. The molecular formula is C35H27ClN4O5. The van der Waals surface area contributed by atoms with Crippen molar-refractivity contribution in [3.8, 4) is 5.75 Å². The molecule has 4 atom stereocenters.